The minimum absolute atomic E-state index is 0.0653. The Hall–Kier alpha value is -2.88. The van der Waals surface area contributed by atoms with E-state index in [0.717, 1.165) is 22.4 Å². The predicted octanol–water partition coefficient (Wildman–Crippen LogP) is 2.50. The largest absolute Gasteiger partial charge is 0.259 e. The molecule has 2 N–H and O–H groups in total. The lowest BCUT2D eigenvalue weighted by Crippen LogP contribution is -2.11. The summed E-state index contributed by atoms with van der Waals surface area (Å²) < 4.78 is 24.5. The minimum atomic E-state index is -3.72. The summed E-state index contributed by atoms with van der Waals surface area (Å²) >= 11 is 0. The third-order valence-corrected chi connectivity index (χ3v) is 4.49. The highest BCUT2D eigenvalue weighted by molar-refractivity contribution is 7.89. The van der Waals surface area contributed by atoms with Crippen molar-refractivity contribution in [2.45, 2.75) is 11.4 Å². The van der Waals surface area contributed by atoms with Gasteiger partial charge in [-0.1, -0.05) is 48.4 Å². The van der Waals surface area contributed by atoms with E-state index in [9.17, 15) is 8.42 Å². The van der Waals surface area contributed by atoms with Gasteiger partial charge in [-0.15, -0.1) is 6.42 Å². The molecule has 0 aliphatic rings. The Morgan fingerprint density at radius 2 is 1.71 bits per heavy atom. The van der Waals surface area contributed by atoms with E-state index >= 15 is 0 Å². The standard InChI is InChI=1S/C18H15N3O2S/c1-2-12-21-13-17(14-6-4-3-5-7-14)18(20-21)15-8-10-16(11-9-15)24(19,22)23/h1,3-11,13H,12H2,(H2,19,22,23). The topological polar surface area (TPSA) is 78.0 Å². The van der Waals surface area contributed by atoms with Crippen molar-refractivity contribution in [2.24, 2.45) is 5.14 Å². The first kappa shape index (κ1) is 16.0. The molecule has 0 radical (unpaired) electrons. The second-order valence-electron chi connectivity index (χ2n) is 5.23. The van der Waals surface area contributed by atoms with Crippen molar-refractivity contribution in [3.8, 4) is 34.7 Å². The van der Waals surface area contributed by atoms with Crippen LogP contribution in [0.25, 0.3) is 22.4 Å². The van der Waals surface area contributed by atoms with Gasteiger partial charge in [0, 0.05) is 17.3 Å². The van der Waals surface area contributed by atoms with Crippen LogP contribution >= 0.6 is 0 Å². The maximum absolute atomic E-state index is 11.4. The van der Waals surface area contributed by atoms with Crippen molar-refractivity contribution in [1.29, 1.82) is 0 Å². The summed E-state index contributed by atoms with van der Waals surface area (Å²) in [6.07, 6.45) is 7.26. The third kappa shape index (κ3) is 3.23. The number of sulfonamides is 1. The van der Waals surface area contributed by atoms with E-state index in [1.807, 2.05) is 36.5 Å². The van der Waals surface area contributed by atoms with Gasteiger partial charge in [0.25, 0.3) is 0 Å². The Labute approximate surface area is 140 Å². The van der Waals surface area contributed by atoms with Crippen LogP contribution in [0.1, 0.15) is 0 Å². The molecule has 0 aliphatic heterocycles. The molecule has 0 saturated carbocycles. The first-order valence-electron chi connectivity index (χ1n) is 7.18. The Kier molecular flexibility index (Phi) is 4.21. The molecule has 2 aromatic carbocycles. The molecular weight excluding hydrogens is 322 g/mol. The highest BCUT2D eigenvalue weighted by Crippen LogP contribution is 2.31. The van der Waals surface area contributed by atoms with Gasteiger partial charge in [-0.05, 0) is 17.7 Å². The maximum atomic E-state index is 11.4. The van der Waals surface area contributed by atoms with Crippen LogP contribution in [-0.4, -0.2) is 18.2 Å². The van der Waals surface area contributed by atoms with Crippen molar-refractivity contribution in [3.05, 3.63) is 60.8 Å². The molecule has 0 saturated heterocycles. The van der Waals surface area contributed by atoms with Gasteiger partial charge in [-0.2, -0.15) is 5.10 Å². The number of rotatable bonds is 4. The first-order chi connectivity index (χ1) is 11.5. The fourth-order valence-corrected chi connectivity index (χ4v) is 2.96. The smallest absolute Gasteiger partial charge is 0.238 e. The molecule has 3 aromatic rings. The lowest BCUT2D eigenvalue weighted by atomic mass is 10.0. The molecule has 24 heavy (non-hydrogen) atoms. The molecule has 0 fully saturated rings. The summed E-state index contributed by atoms with van der Waals surface area (Å²) in [7, 11) is -3.72. The average molecular weight is 337 g/mol. The van der Waals surface area contributed by atoms with Crippen LogP contribution in [0.15, 0.2) is 65.7 Å². The number of hydrogen-bond donors (Lipinski definition) is 1. The van der Waals surface area contributed by atoms with Crippen molar-refractivity contribution in [3.63, 3.8) is 0 Å². The number of hydrogen-bond acceptors (Lipinski definition) is 3. The lowest BCUT2D eigenvalue weighted by Gasteiger charge is -2.04. The van der Waals surface area contributed by atoms with E-state index in [-0.39, 0.29) is 4.90 Å². The predicted molar refractivity (Wildman–Crippen MR) is 93.3 cm³/mol. The van der Waals surface area contributed by atoms with E-state index < -0.39 is 10.0 Å². The maximum Gasteiger partial charge on any atom is 0.238 e. The SMILES string of the molecule is C#CCn1cc(-c2ccccc2)c(-c2ccc(S(N)(=O)=O)cc2)n1. The van der Waals surface area contributed by atoms with Crippen molar-refractivity contribution in [2.75, 3.05) is 0 Å². The van der Waals surface area contributed by atoms with Crippen molar-refractivity contribution in [1.82, 2.24) is 9.78 Å². The molecule has 120 valence electrons. The molecule has 0 aliphatic carbocycles. The van der Waals surface area contributed by atoms with Gasteiger partial charge in [-0.25, -0.2) is 13.6 Å². The number of nitrogens with zero attached hydrogens (tertiary/aromatic N) is 2. The van der Waals surface area contributed by atoms with Crippen LogP contribution < -0.4 is 5.14 Å². The van der Waals surface area contributed by atoms with Crippen LogP contribution in [0.5, 0.6) is 0 Å². The Morgan fingerprint density at radius 3 is 2.29 bits per heavy atom. The fourth-order valence-electron chi connectivity index (χ4n) is 2.44. The number of benzene rings is 2. The molecule has 1 heterocycles. The van der Waals surface area contributed by atoms with Gasteiger partial charge < -0.3 is 0 Å². The average Bonchev–Trinajstić information content (AvgIpc) is 2.99. The summed E-state index contributed by atoms with van der Waals surface area (Å²) in [5.74, 6) is 2.56. The first-order valence-corrected chi connectivity index (χ1v) is 8.73. The van der Waals surface area contributed by atoms with Crippen LogP contribution in [0.3, 0.4) is 0 Å². The quantitative estimate of drug-likeness (QED) is 0.743. The monoisotopic (exact) mass is 337 g/mol. The molecule has 0 spiro atoms. The van der Waals surface area contributed by atoms with E-state index in [4.69, 9.17) is 11.6 Å². The molecule has 0 bridgehead atoms. The Balaban J connectivity index is 2.11. The molecule has 0 unspecified atom stereocenters. The van der Waals surface area contributed by atoms with Gasteiger partial charge in [0.1, 0.15) is 12.2 Å². The molecule has 1 aromatic heterocycles. The summed E-state index contributed by atoms with van der Waals surface area (Å²) in [6.45, 7) is 0.356. The highest BCUT2D eigenvalue weighted by atomic mass is 32.2. The zero-order chi connectivity index (χ0) is 17.2. The van der Waals surface area contributed by atoms with Crippen LogP contribution in [-0.2, 0) is 16.6 Å². The van der Waals surface area contributed by atoms with Crippen LogP contribution in [0.4, 0.5) is 0 Å². The van der Waals surface area contributed by atoms with E-state index in [0.29, 0.717) is 6.54 Å². The van der Waals surface area contributed by atoms with Crippen LogP contribution in [0, 0.1) is 12.3 Å². The number of primary sulfonamides is 1. The van der Waals surface area contributed by atoms with Crippen molar-refractivity contribution >= 4 is 10.0 Å². The number of nitrogens with two attached hydrogens (primary N) is 1. The second kappa shape index (κ2) is 6.32. The molecule has 0 amide bonds. The Morgan fingerprint density at radius 1 is 1.04 bits per heavy atom. The minimum Gasteiger partial charge on any atom is -0.259 e. The van der Waals surface area contributed by atoms with E-state index in [2.05, 4.69) is 11.0 Å². The van der Waals surface area contributed by atoms with Gasteiger partial charge in [0.05, 0.1) is 4.90 Å². The van der Waals surface area contributed by atoms with E-state index in [1.54, 1.807) is 16.8 Å². The number of terminal acetylenes is 1. The van der Waals surface area contributed by atoms with Crippen LogP contribution in [0.2, 0.25) is 0 Å². The molecular formula is C18H15N3O2S. The summed E-state index contributed by atoms with van der Waals surface area (Å²) in [5.41, 5.74) is 3.45. The molecule has 5 nitrogen and oxygen atoms in total. The molecule has 6 heteroatoms. The summed E-state index contributed by atoms with van der Waals surface area (Å²) in [5, 5.41) is 9.67. The number of aromatic nitrogens is 2. The lowest BCUT2D eigenvalue weighted by molar-refractivity contribution is 0.598. The zero-order valence-electron chi connectivity index (χ0n) is 12.8. The van der Waals surface area contributed by atoms with E-state index in [1.165, 1.54) is 12.1 Å². The van der Waals surface area contributed by atoms with Crippen molar-refractivity contribution < 1.29 is 8.42 Å². The zero-order valence-corrected chi connectivity index (χ0v) is 13.6. The second-order valence-corrected chi connectivity index (χ2v) is 6.79. The molecule has 0 atom stereocenters. The Bertz CT molecular complexity index is 999. The summed E-state index contributed by atoms with van der Waals surface area (Å²) in [4.78, 5) is 0.0653. The van der Waals surface area contributed by atoms with Gasteiger partial charge in [-0.3, -0.25) is 4.68 Å². The molecule has 3 rings (SSSR count). The highest BCUT2D eigenvalue weighted by Gasteiger charge is 2.14. The third-order valence-electron chi connectivity index (χ3n) is 3.56. The summed E-state index contributed by atoms with van der Waals surface area (Å²) in [6, 6.07) is 16.1. The normalized spacial score (nSPS) is 11.2. The van der Waals surface area contributed by atoms with Gasteiger partial charge in [0.15, 0.2) is 0 Å². The van der Waals surface area contributed by atoms with Gasteiger partial charge in [0.2, 0.25) is 10.0 Å². The fraction of sp³-hybridized carbons (Fsp3) is 0.0556. The van der Waals surface area contributed by atoms with Gasteiger partial charge >= 0.3 is 0 Å².